The molecule has 0 bridgehead atoms. The van der Waals surface area contributed by atoms with Crippen LogP contribution in [0.3, 0.4) is 0 Å². The summed E-state index contributed by atoms with van der Waals surface area (Å²) in [5, 5.41) is 13.2. The third kappa shape index (κ3) is 3.33. The van der Waals surface area contributed by atoms with Gasteiger partial charge in [-0.05, 0) is 18.2 Å². The molecule has 4 nitrogen and oxygen atoms in total. The molecule has 0 saturated carbocycles. The maximum absolute atomic E-state index is 13.6. The number of benzene rings is 2. The molecule has 2 aromatic carbocycles. The van der Waals surface area contributed by atoms with E-state index in [1.165, 1.54) is 12.1 Å². The van der Waals surface area contributed by atoms with E-state index in [0.29, 0.717) is 10.5 Å². The molecule has 21 heavy (non-hydrogen) atoms. The molecule has 2 aromatic rings. The predicted molar refractivity (Wildman–Crippen MR) is 74.4 cm³/mol. The molecule has 0 atom stereocenters. The van der Waals surface area contributed by atoms with Crippen molar-refractivity contribution in [2.45, 2.75) is 6.54 Å². The Morgan fingerprint density at radius 1 is 1.14 bits per heavy atom. The summed E-state index contributed by atoms with van der Waals surface area (Å²) in [5.41, 5.74) is -1.06. The highest BCUT2D eigenvalue weighted by atomic mass is 79.9. The third-order valence-electron chi connectivity index (χ3n) is 2.74. The highest BCUT2D eigenvalue weighted by molar-refractivity contribution is 9.10. The molecular weight excluding hydrogens is 353 g/mol. The predicted octanol–water partition coefficient (Wildman–Crippen LogP) is 4.39. The highest BCUT2D eigenvalue weighted by Crippen LogP contribution is 2.29. The van der Waals surface area contributed by atoms with Gasteiger partial charge in [-0.3, -0.25) is 10.1 Å². The van der Waals surface area contributed by atoms with Crippen LogP contribution in [0, 0.1) is 27.6 Å². The number of rotatable bonds is 4. The van der Waals surface area contributed by atoms with E-state index in [4.69, 9.17) is 0 Å². The molecule has 8 heteroatoms. The lowest BCUT2D eigenvalue weighted by Crippen LogP contribution is -2.07. The molecule has 1 N–H and O–H groups in total. The van der Waals surface area contributed by atoms with Crippen molar-refractivity contribution < 1.29 is 18.1 Å². The molecule has 0 fully saturated rings. The molecule has 0 aliphatic carbocycles. The molecule has 0 saturated heterocycles. The first-order chi connectivity index (χ1) is 9.90. The van der Waals surface area contributed by atoms with Crippen LogP contribution in [-0.4, -0.2) is 4.92 Å². The van der Waals surface area contributed by atoms with Crippen LogP contribution in [0.25, 0.3) is 0 Å². The van der Waals surface area contributed by atoms with Crippen molar-refractivity contribution in [3.8, 4) is 0 Å². The molecular formula is C13H8BrF3N2O2. The summed E-state index contributed by atoms with van der Waals surface area (Å²) in [6.07, 6.45) is 0. The van der Waals surface area contributed by atoms with Crippen LogP contribution in [0.1, 0.15) is 5.56 Å². The van der Waals surface area contributed by atoms with Gasteiger partial charge >= 0.3 is 0 Å². The van der Waals surface area contributed by atoms with Crippen molar-refractivity contribution in [3.63, 3.8) is 0 Å². The molecule has 0 aromatic heterocycles. The Balaban J connectivity index is 2.31. The van der Waals surface area contributed by atoms with E-state index in [9.17, 15) is 23.3 Å². The topological polar surface area (TPSA) is 55.2 Å². The van der Waals surface area contributed by atoms with Gasteiger partial charge in [-0.2, -0.15) is 0 Å². The normalized spacial score (nSPS) is 10.5. The summed E-state index contributed by atoms with van der Waals surface area (Å²) >= 11 is 3.08. The lowest BCUT2D eigenvalue weighted by atomic mass is 10.2. The lowest BCUT2D eigenvalue weighted by molar-refractivity contribution is -0.384. The molecule has 0 radical (unpaired) electrons. The Morgan fingerprint density at radius 3 is 2.48 bits per heavy atom. The molecule has 0 aliphatic rings. The van der Waals surface area contributed by atoms with Crippen LogP contribution in [-0.2, 0) is 6.54 Å². The molecule has 2 rings (SSSR count). The minimum absolute atomic E-state index is 0.163. The van der Waals surface area contributed by atoms with E-state index in [0.717, 1.165) is 6.07 Å². The van der Waals surface area contributed by atoms with Crippen LogP contribution in [0.5, 0.6) is 0 Å². The Labute approximate surface area is 125 Å². The summed E-state index contributed by atoms with van der Waals surface area (Å²) < 4.78 is 40.9. The van der Waals surface area contributed by atoms with Crippen molar-refractivity contribution in [2.75, 3.05) is 5.32 Å². The first-order valence-corrected chi connectivity index (χ1v) is 6.49. The first-order valence-electron chi connectivity index (χ1n) is 5.70. The third-order valence-corrected chi connectivity index (χ3v) is 3.23. The SMILES string of the molecule is O=[N+]([O-])c1ccc(F)c(F)c1NCc1ccc(Br)cc1F. The van der Waals surface area contributed by atoms with Gasteiger partial charge in [-0.25, -0.2) is 13.2 Å². The van der Waals surface area contributed by atoms with Crippen molar-refractivity contribution in [1.29, 1.82) is 0 Å². The first kappa shape index (κ1) is 15.3. The second kappa shape index (κ2) is 6.13. The zero-order valence-electron chi connectivity index (χ0n) is 10.4. The van der Waals surface area contributed by atoms with Gasteiger partial charge in [0.25, 0.3) is 5.69 Å². The zero-order valence-corrected chi connectivity index (χ0v) is 12.0. The Bertz CT molecular complexity index is 710. The van der Waals surface area contributed by atoms with Gasteiger partial charge in [0.05, 0.1) is 4.92 Å². The van der Waals surface area contributed by atoms with Crippen LogP contribution in [0.2, 0.25) is 0 Å². The van der Waals surface area contributed by atoms with Gasteiger partial charge < -0.3 is 5.32 Å². The second-order valence-electron chi connectivity index (χ2n) is 4.10. The molecule has 0 heterocycles. The number of nitrogens with one attached hydrogen (secondary N) is 1. The quantitative estimate of drug-likeness (QED) is 0.649. The van der Waals surface area contributed by atoms with Gasteiger partial charge in [-0.15, -0.1) is 0 Å². The summed E-state index contributed by atoms with van der Waals surface area (Å²) in [5.74, 6) is -3.17. The summed E-state index contributed by atoms with van der Waals surface area (Å²) in [7, 11) is 0. The van der Waals surface area contributed by atoms with Gasteiger partial charge in [0.1, 0.15) is 5.82 Å². The summed E-state index contributed by atoms with van der Waals surface area (Å²) in [6.45, 7) is -0.222. The van der Waals surface area contributed by atoms with Crippen LogP contribution < -0.4 is 5.32 Å². The van der Waals surface area contributed by atoms with E-state index in [-0.39, 0.29) is 12.1 Å². The van der Waals surface area contributed by atoms with E-state index in [2.05, 4.69) is 21.2 Å². The molecule has 0 aliphatic heterocycles. The van der Waals surface area contributed by atoms with Crippen LogP contribution in [0.15, 0.2) is 34.8 Å². The van der Waals surface area contributed by atoms with Gasteiger partial charge in [0.15, 0.2) is 17.3 Å². The average molecular weight is 361 g/mol. The number of hydrogen-bond donors (Lipinski definition) is 1. The zero-order chi connectivity index (χ0) is 15.6. The van der Waals surface area contributed by atoms with Gasteiger partial charge in [-0.1, -0.05) is 22.0 Å². The van der Waals surface area contributed by atoms with Crippen LogP contribution in [0.4, 0.5) is 24.5 Å². The minimum Gasteiger partial charge on any atom is -0.373 e. The smallest absolute Gasteiger partial charge is 0.295 e. The maximum atomic E-state index is 13.6. The van der Waals surface area contributed by atoms with E-state index >= 15 is 0 Å². The molecule has 110 valence electrons. The maximum Gasteiger partial charge on any atom is 0.295 e. The fourth-order valence-electron chi connectivity index (χ4n) is 1.71. The number of hydrogen-bond acceptors (Lipinski definition) is 3. The van der Waals surface area contributed by atoms with Gasteiger partial charge in [0.2, 0.25) is 0 Å². The monoisotopic (exact) mass is 360 g/mol. The van der Waals surface area contributed by atoms with Crippen molar-refractivity contribution in [2.24, 2.45) is 0 Å². The van der Waals surface area contributed by atoms with E-state index in [1.807, 2.05) is 0 Å². The number of nitro benzene ring substituents is 1. The largest absolute Gasteiger partial charge is 0.373 e. The minimum atomic E-state index is -1.37. The number of nitrogens with zero attached hydrogens (tertiary/aromatic N) is 1. The van der Waals surface area contributed by atoms with Crippen molar-refractivity contribution >= 4 is 27.3 Å². The number of anilines is 1. The summed E-state index contributed by atoms with van der Waals surface area (Å²) in [6, 6.07) is 5.71. The second-order valence-corrected chi connectivity index (χ2v) is 5.02. The Kier molecular flexibility index (Phi) is 4.46. The van der Waals surface area contributed by atoms with E-state index in [1.54, 1.807) is 6.07 Å². The molecule has 0 spiro atoms. The van der Waals surface area contributed by atoms with E-state index < -0.39 is 33.7 Å². The fourth-order valence-corrected chi connectivity index (χ4v) is 2.04. The Hall–Kier alpha value is -2.09. The average Bonchev–Trinajstić information content (AvgIpc) is 2.41. The Morgan fingerprint density at radius 2 is 1.86 bits per heavy atom. The number of halogens is 4. The molecule has 0 amide bonds. The standard InChI is InChI=1S/C13H8BrF3N2O2/c14-8-2-1-7(10(16)5-8)6-18-13-11(19(20)21)4-3-9(15)12(13)17/h1-5,18H,6H2. The van der Waals surface area contributed by atoms with Crippen molar-refractivity contribution in [1.82, 2.24) is 0 Å². The lowest BCUT2D eigenvalue weighted by Gasteiger charge is -2.09. The number of nitro groups is 1. The van der Waals surface area contributed by atoms with Gasteiger partial charge in [0, 0.05) is 22.6 Å². The highest BCUT2D eigenvalue weighted by Gasteiger charge is 2.21. The van der Waals surface area contributed by atoms with Crippen LogP contribution >= 0.6 is 15.9 Å². The summed E-state index contributed by atoms with van der Waals surface area (Å²) in [4.78, 5) is 9.96. The fraction of sp³-hybridized carbons (Fsp3) is 0.0769. The molecule has 0 unspecified atom stereocenters. The van der Waals surface area contributed by atoms with Crippen molar-refractivity contribution in [3.05, 3.63) is 67.9 Å².